The first kappa shape index (κ1) is 10.8. The molecular weight excluding hydrogens is 234 g/mol. The fraction of sp³-hybridized carbons (Fsp3) is 0.385. The topological polar surface area (TPSA) is 37.8 Å². The minimum Gasteiger partial charge on any atom is -0.365 e. The van der Waals surface area contributed by atoms with Crippen molar-refractivity contribution >= 4 is 28.2 Å². The quantitative estimate of drug-likeness (QED) is 0.829. The van der Waals surface area contributed by atoms with Gasteiger partial charge in [0.15, 0.2) is 5.82 Å². The molecule has 17 heavy (non-hydrogen) atoms. The largest absolute Gasteiger partial charge is 0.365 e. The van der Waals surface area contributed by atoms with E-state index >= 15 is 0 Å². The van der Waals surface area contributed by atoms with E-state index < -0.39 is 0 Å². The minimum absolute atomic E-state index is 0.317. The summed E-state index contributed by atoms with van der Waals surface area (Å²) in [7, 11) is 0. The predicted octanol–water partition coefficient (Wildman–Crippen LogP) is 3.12. The summed E-state index contributed by atoms with van der Waals surface area (Å²) in [4.78, 5) is 0. The van der Waals surface area contributed by atoms with E-state index in [4.69, 9.17) is 11.6 Å². The number of benzene rings is 1. The lowest BCUT2D eigenvalue weighted by atomic mass is 9.92. The van der Waals surface area contributed by atoms with Crippen LogP contribution in [0.5, 0.6) is 0 Å². The summed E-state index contributed by atoms with van der Waals surface area (Å²) in [5, 5.41) is 14.5. The molecule has 3 nitrogen and oxygen atoms in total. The van der Waals surface area contributed by atoms with Crippen LogP contribution in [-0.2, 0) is 0 Å². The Morgan fingerprint density at radius 3 is 2.59 bits per heavy atom. The van der Waals surface area contributed by atoms with Gasteiger partial charge in [-0.25, -0.2) is 0 Å². The maximum atomic E-state index is 5.98. The Bertz CT molecular complexity index is 549. The molecule has 0 radical (unpaired) electrons. The van der Waals surface area contributed by atoms with Crippen LogP contribution in [-0.4, -0.2) is 21.6 Å². The number of anilines is 1. The SMILES string of the molecule is Cc1nnc(NC2CC(Cl)C2)c2ccccc12. The van der Waals surface area contributed by atoms with Crippen LogP contribution in [0.2, 0.25) is 0 Å². The van der Waals surface area contributed by atoms with Crippen LogP contribution in [0.25, 0.3) is 10.8 Å². The van der Waals surface area contributed by atoms with Gasteiger partial charge >= 0.3 is 0 Å². The molecule has 1 heterocycles. The molecule has 1 aromatic carbocycles. The number of hydrogen-bond acceptors (Lipinski definition) is 3. The van der Waals surface area contributed by atoms with E-state index in [9.17, 15) is 0 Å². The van der Waals surface area contributed by atoms with Crippen molar-refractivity contribution in [1.29, 1.82) is 0 Å². The molecule has 3 rings (SSSR count). The van der Waals surface area contributed by atoms with Crippen molar-refractivity contribution in [2.24, 2.45) is 0 Å². The summed E-state index contributed by atoms with van der Waals surface area (Å²) in [6, 6.07) is 8.66. The molecule has 0 bridgehead atoms. The standard InChI is InChI=1S/C13H14ClN3/c1-8-11-4-2-3-5-12(11)13(17-16-8)15-10-6-9(14)7-10/h2-5,9-10H,6-7H2,1H3,(H,15,17). The van der Waals surface area contributed by atoms with Crippen LogP contribution in [0.1, 0.15) is 18.5 Å². The maximum Gasteiger partial charge on any atom is 0.156 e. The molecule has 0 unspecified atom stereocenters. The third kappa shape index (κ3) is 1.95. The summed E-state index contributed by atoms with van der Waals surface area (Å²) in [6.45, 7) is 1.98. The molecule has 0 amide bonds. The third-order valence-electron chi connectivity index (χ3n) is 3.29. The first-order chi connectivity index (χ1) is 8.24. The zero-order chi connectivity index (χ0) is 11.8. The molecule has 1 N–H and O–H groups in total. The van der Waals surface area contributed by atoms with Crippen LogP contribution < -0.4 is 5.32 Å². The van der Waals surface area contributed by atoms with Gasteiger partial charge in [0, 0.05) is 22.2 Å². The third-order valence-corrected chi connectivity index (χ3v) is 3.65. The summed E-state index contributed by atoms with van der Waals surface area (Å²) < 4.78 is 0. The number of halogens is 1. The molecule has 1 aliphatic rings. The molecule has 0 atom stereocenters. The van der Waals surface area contributed by atoms with Gasteiger partial charge in [0.05, 0.1) is 5.69 Å². The molecule has 0 aliphatic heterocycles. The van der Waals surface area contributed by atoms with E-state index in [-0.39, 0.29) is 0 Å². The number of rotatable bonds is 2. The van der Waals surface area contributed by atoms with Crippen molar-refractivity contribution in [3.63, 3.8) is 0 Å². The molecule has 4 heteroatoms. The van der Waals surface area contributed by atoms with Crippen LogP contribution in [0.4, 0.5) is 5.82 Å². The zero-order valence-electron chi connectivity index (χ0n) is 9.65. The monoisotopic (exact) mass is 247 g/mol. The summed E-state index contributed by atoms with van der Waals surface area (Å²) in [5.74, 6) is 0.875. The number of alkyl halides is 1. The lowest BCUT2D eigenvalue weighted by molar-refractivity contribution is 0.453. The first-order valence-corrected chi connectivity index (χ1v) is 6.30. The summed E-state index contributed by atoms with van der Waals surface area (Å²) >= 11 is 5.98. The fourth-order valence-electron chi connectivity index (χ4n) is 2.20. The molecule has 1 saturated carbocycles. The minimum atomic E-state index is 0.317. The van der Waals surface area contributed by atoms with Gasteiger partial charge in [0.2, 0.25) is 0 Å². The number of fused-ring (bicyclic) bond motifs is 1. The Balaban J connectivity index is 1.96. The normalized spacial score (nSPS) is 23.4. The average molecular weight is 248 g/mol. The number of aryl methyl sites for hydroxylation is 1. The van der Waals surface area contributed by atoms with Gasteiger partial charge in [0.1, 0.15) is 0 Å². The molecule has 0 saturated heterocycles. The van der Waals surface area contributed by atoms with Crippen LogP contribution >= 0.6 is 11.6 Å². The van der Waals surface area contributed by atoms with Crippen molar-refractivity contribution in [3.8, 4) is 0 Å². The van der Waals surface area contributed by atoms with Gasteiger partial charge in [-0.3, -0.25) is 0 Å². The highest BCUT2D eigenvalue weighted by molar-refractivity contribution is 6.21. The Morgan fingerprint density at radius 1 is 1.18 bits per heavy atom. The fourth-order valence-corrected chi connectivity index (χ4v) is 2.63. The zero-order valence-corrected chi connectivity index (χ0v) is 10.4. The van der Waals surface area contributed by atoms with E-state index in [1.54, 1.807) is 0 Å². The Kier molecular flexibility index (Phi) is 2.63. The van der Waals surface area contributed by atoms with Gasteiger partial charge in [0.25, 0.3) is 0 Å². The Labute approximate surface area is 105 Å². The summed E-state index contributed by atoms with van der Waals surface area (Å²) in [5.41, 5.74) is 0.968. The second-order valence-corrected chi connectivity index (χ2v) is 5.21. The molecule has 1 fully saturated rings. The van der Waals surface area contributed by atoms with E-state index in [1.807, 2.05) is 19.1 Å². The van der Waals surface area contributed by atoms with Gasteiger partial charge < -0.3 is 5.32 Å². The molecule has 2 aromatic rings. The van der Waals surface area contributed by atoms with Crippen LogP contribution in [0, 0.1) is 6.92 Å². The highest BCUT2D eigenvalue weighted by atomic mass is 35.5. The highest BCUT2D eigenvalue weighted by Gasteiger charge is 2.27. The molecule has 88 valence electrons. The number of aromatic nitrogens is 2. The van der Waals surface area contributed by atoms with Crippen molar-refractivity contribution in [2.75, 3.05) is 5.32 Å². The van der Waals surface area contributed by atoms with E-state index in [0.717, 1.165) is 35.1 Å². The molecular formula is C13H14ClN3. The number of nitrogens with one attached hydrogen (secondary N) is 1. The van der Waals surface area contributed by atoms with Gasteiger partial charge in [-0.05, 0) is 19.8 Å². The maximum absolute atomic E-state index is 5.98. The predicted molar refractivity (Wildman–Crippen MR) is 70.6 cm³/mol. The van der Waals surface area contributed by atoms with E-state index in [1.165, 1.54) is 0 Å². The first-order valence-electron chi connectivity index (χ1n) is 5.86. The Morgan fingerprint density at radius 2 is 1.88 bits per heavy atom. The van der Waals surface area contributed by atoms with Crippen LogP contribution in [0.3, 0.4) is 0 Å². The number of nitrogens with zero attached hydrogens (tertiary/aromatic N) is 2. The smallest absolute Gasteiger partial charge is 0.156 e. The lowest BCUT2D eigenvalue weighted by Crippen LogP contribution is -2.36. The van der Waals surface area contributed by atoms with Crippen molar-refractivity contribution in [3.05, 3.63) is 30.0 Å². The van der Waals surface area contributed by atoms with Gasteiger partial charge in [-0.2, -0.15) is 5.10 Å². The van der Waals surface area contributed by atoms with E-state index in [2.05, 4.69) is 27.6 Å². The second-order valence-electron chi connectivity index (χ2n) is 4.59. The number of hydrogen-bond donors (Lipinski definition) is 1. The van der Waals surface area contributed by atoms with E-state index in [0.29, 0.717) is 11.4 Å². The Hall–Kier alpha value is -1.35. The van der Waals surface area contributed by atoms with Crippen molar-refractivity contribution in [1.82, 2.24) is 10.2 Å². The summed E-state index contributed by atoms with van der Waals surface area (Å²) in [6.07, 6.45) is 2.01. The molecule has 0 spiro atoms. The average Bonchev–Trinajstić information content (AvgIpc) is 2.31. The molecule has 1 aromatic heterocycles. The van der Waals surface area contributed by atoms with Crippen molar-refractivity contribution in [2.45, 2.75) is 31.2 Å². The second kappa shape index (κ2) is 4.15. The lowest BCUT2D eigenvalue weighted by Gasteiger charge is -2.32. The van der Waals surface area contributed by atoms with Gasteiger partial charge in [-0.15, -0.1) is 16.7 Å². The highest BCUT2D eigenvalue weighted by Crippen LogP contribution is 2.30. The van der Waals surface area contributed by atoms with Gasteiger partial charge in [-0.1, -0.05) is 24.3 Å². The van der Waals surface area contributed by atoms with Crippen molar-refractivity contribution < 1.29 is 0 Å². The van der Waals surface area contributed by atoms with Crippen LogP contribution in [0.15, 0.2) is 24.3 Å². The molecule has 1 aliphatic carbocycles.